The van der Waals surface area contributed by atoms with Crippen molar-refractivity contribution in [3.05, 3.63) is 87.8 Å². The van der Waals surface area contributed by atoms with E-state index in [1.165, 1.54) is 46.5 Å². The van der Waals surface area contributed by atoms with Gasteiger partial charge in [0.05, 0.1) is 11.7 Å². The Labute approximate surface area is 174 Å². The molecule has 0 aliphatic heterocycles. The van der Waals surface area contributed by atoms with E-state index in [2.05, 4.69) is 10.3 Å². The fourth-order valence-corrected chi connectivity index (χ4v) is 4.04. The smallest absolute Gasteiger partial charge is 0.263 e. The topological polar surface area (TPSA) is 64.0 Å². The van der Waals surface area contributed by atoms with Crippen LogP contribution in [0.4, 0.5) is 8.78 Å². The van der Waals surface area contributed by atoms with E-state index in [1.807, 2.05) is 0 Å². The number of nitrogens with one attached hydrogen (secondary N) is 1. The number of nitrogens with zero attached hydrogens (tertiary/aromatic N) is 2. The summed E-state index contributed by atoms with van der Waals surface area (Å²) < 4.78 is 27.4. The van der Waals surface area contributed by atoms with Gasteiger partial charge in [-0.3, -0.25) is 14.2 Å². The van der Waals surface area contributed by atoms with Gasteiger partial charge in [0.1, 0.15) is 23.0 Å². The summed E-state index contributed by atoms with van der Waals surface area (Å²) in [5, 5.41) is 4.97. The van der Waals surface area contributed by atoms with Crippen molar-refractivity contribution in [3.8, 4) is 11.1 Å². The molecule has 0 aliphatic rings. The quantitative estimate of drug-likeness (QED) is 0.512. The average molecular weight is 425 g/mol. The lowest BCUT2D eigenvalue weighted by molar-refractivity contribution is -0.121. The summed E-state index contributed by atoms with van der Waals surface area (Å²) in [6, 6.07) is 12.0. The number of halogens is 2. The molecule has 0 saturated heterocycles. The van der Waals surface area contributed by atoms with E-state index in [-0.39, 0.29) is 29.6 Å². The highest BCUT2D eigenvalue weighted by Crippen LogP contribution is 2.30. The number of amides is 1. The second-order valence-electron chi connectivity index (χ2n) is 6.74. The van der Waals surface area contributed by atoms with E-state index in [1.54, 1.807) is 29.6 Å². The first-order valence-electron chi connectivity index (χ1n) is 9.25. The van der Waals surface area contributed by atoms with Crippen LogP contribution in [-0.2, 0) is 17.8 Å². The van der Waals surface area contributed by atoms with Crippen LogP contribution in [0.3, 0.4) is 0 Å². The number of hydrogen-bond donors (Lipinski definition) is 1. The van der Waals surface area contributed by atoms with Crippen LogP contribution in [0, 0.1) is 11.6 Å². The highest BCUT2D eigenvalue weighted by molar-refractivity contribution is 7.17. The van der Waals surface area contributed by atoms with E-state index in [0.717, 1.165) is 5.56 Å². The molecule has 1 amide bonds. The van der Waals surface area contributed by atoms with Gasteiger partial charge in [-0.15, -0.1) is 11.3 Å². The van der Waals surface area contributed by atoms with Crippen molar-refractivity contribution >= 4 is 27.5 Å². The Morgan fingerprint density at radius 1 is 1.03 bits per heavy atom. The predicted octanol–water partition coefficient (Wildman–Crippen LogP) is 3.76. The molecule has 8 heteroatoms. The number of carbonyl (C=O) groups excluding carboxylic acids is 1. The molecule has 0 atom stereocenters. The molecule has 0 aliphatic carbocycles. The summed E-state index contributed by atoms with van der Waals surface area (Å²) in [5.41, 5.74) is 1.95. The lowest BCUT2D eigenvalue weighted by Gasteiger charge is -2.08. The Kier molecular flexibility index (Phi) is 5.67. The summed E-state index contributed by atoms with van der Waals surface area (Å²) in [6.45, 7) is 0.206. The molecule has 0 unspecified atom stereocenters. The number of benzene rings is 2. The van der Waals surface area contributed by atoms with Crippen LogP contribution in [0.25, 0.3) is 21.3 Å². The molecular formula is C22H17F2N3O2S. The van der Waals surface area contributed by atoms with Crippen LogP contribution in [0.15, 0.2) is 65.0 Å². The minimum absolute atomic E-state index is 0.163. The summed E-state index contributed by atoms with van der Waals surface area (Å²) >= 11 is 1.32. The van der Waals surface area contributed by atoms with Gasteiger partial charge in [-0.1, -0.05) is 24.3 Å². The fraction of sp³-hybridized carbons (Fsp3) is 0.136. The summed E-state index contributed by atoms with van der Waals surface area (Å²) in [7, 11) is 0. The largest absolute Gasteiger partial charge is 0.354 e. The van der Waals surface area contributed by atoms with Gasteiger partial charge in [-0.2, -0.15) is 0 Å². The summed E-state index contributed by atoms with van der Waals surface area (Å²) in [5.74, 6) is -0.983. The molecular weight excluding hydrogens is 408 g/mol. The van der Waals surface area contributed by atoms with Gasteiger partial charge in [0.25, 0.3) is 5.56 Å². The lowest BCUT2D eigenvalue weighted by atomic mass is 10.1. The van der Waals surface area contributed by atoms with E-state index in [9.17, 15) is 18.4 Å². The maximum atomic E-state index is 13.2. The van der Waals surface area contributed by atoms with Crippen molar-refractivity contribution in [2.75, 3.05) is 6.54 Å². The molecule has 0 fully saturated rings. The maximum absolute atomic E-state index is 13.2. The van der Waals surface area contributed by atoms with Crippen LogP contribution in [-0.4, -0.2) is 22.0 Å². The van der Waals surface area contributed by atoms with Crippen LogP contribution < -0.4 is 10.9 Å². The third-order valence-electron chi connectivity index (χ3n) is 4.68. The van der Waals surface area contributed by atoms with Crippen LogP contribution in [0.2, 0.25) is 0 Å². The second kappa shape index (κ2) is 8.54. The Balaban J connectivity index is 1.48. The van der Waals surface area contributed by atoms with E-state index < -0.39 is 0 Å². The lowest BCUT2D eigenvalue weighted by Crippen LogP contribution is -2.33. The molecule has 5 nitrogen and oxygen atoms in total. The third-order valence-corrected chi connectivity index (χ3v) is 5.57. The number of aromatic nitrogens is 2. The van der Waals surface area contributed by atoms with Crippen molar-refractivity contribution in [3.63, 3.8) is 0 Å². The molecule has 0 bridgehead atoms. The van der Waals surface area contributed by atoms with Crippen LogP contribution >= 0.6 is 11.3 Å². The maximum Gasteiger partial charge on any atom is 0.263 e. The van der Waals surface area contributed by atoms with Gasteiger partial charge in [-0.25, -0.2) is 13.8 Å². The van der Waals surface area contributed by atoms with E-state index in [0.29, 0.717) is 34.3 Å². The monoisotopic (exact) mass is 425 g/mol. The van der Waals surface area contributed by atoms with Crippen molar-refractivity contribution in [1.29, 1.82) is 0 Å². The molecule has 4 aromatic rings. The van der Waals surface area contributed by atoms with Gasteiger partial charge in [0, 0.05) is 17.5 Å². The first-order valence-corrected chi connectivity index (χ1v) is 10.1. The molecule has 0 radical (unpaired) electrons. The molecule has 30 heavy (non-hydrogen) atoms. The Hall–Kier alpha value is -3.39. The normalized spacial score (nSPS) is 11.0. The van der Waals surface area contributed by atoms with Gasteiger partial charge < -0.3 is 5.32 Å². The van der Waals surface area contributed by atoms with Crippen LogP contribution in [0.1, 0.15) is 5.56 Å². The van der Waals surface area contributed by atoms with Crippen molar-refractivity contribution in [1.82, 2.24) is 14.9 Å². The minimum Gasteiger partial charge on any atom is -0.354 e. The van der Waals surface area contributed by atoms with Crippen molar-refractivity contribution in [2.45, 2.75) is 13.0 Å². The summed E-state index contributed by atoms with van der Waals surface area (Å²) in [4.78, 5) is 30.1. The zero-order valence-electron chi connectivity index (χ0n) is 15.8. The van der Waals surface area contributed by atoms with Crippen molar-refractivity contribution < 1.29 is 13.6 Å². The standard InChI is InChI=1S/C22H17F2N3O2S/c23-16-5-1-14(2-6-16)9-10-25-19(28)11-27-13-26-21-20(22(27)29)18(12-30-21)15-3-7-17(24)8-4-15/h1-8,12-13H,9-11H2,(H,25,28). The first-order chi connectivity index (χ1) is 14.5. The number of thiophene rings is 1. The van der Waals surface area contributed by atoms with Gasteiger partial charge >= 0.3 is 0 Å². The van der Waals surface area contributed by atoms with Crippen molar-refractivity contribution in [2.24, 2.45) is 0 Å². The predicted molar refractivity (Wildman–Crippen MR) is 112 cm³/mol. The Morgan fingerprint density at radius 3 is 2.40 bits per heavy atom. The molecule has 0 saturated carbocycles. The number of carbonyl (C=O) groups is 1. The highest BCUT2D eigenvalue weighted by atomic mass is 32.1. The highest BCUT2D eigenvalue weighted by Gasteiger charge is 2.14. The molecule has 2 aromatic heterocycles. The number of fused-ring (bicyclic) bond motifs is 1. The Bertz CT molecular complexity index is 1250. The molecule has 152 valence electrons. The van der Waals surface area contributed by atoms with Gasteiger partial charge in [0.2, 0.25) is 5.91 Å². The zero-order chi connectivity index (χ0) is 21.1. The number of hydrogen-bond acceptors (Lipinski definition) is 4. The van der Waals surface area contributed by atoms with E-state index in [4.69, 9.17) is 0 Å². The van der Waals surface area contributed by atoms with Crippen LogP contribution in [0.5, 0.6) is 0 Å². The summed E-state index contributed by atoms with van der Waals surface area (Å²) in [6.07, 6.45) is 1.91. The molecule has 2 aromatic carbocycles. The van der Waals surface area contributed by atoms with Gasteiger partial charge in [0.15, 0.2) is 0 Å². The van der Waals surface area contributed by atoms with Gasteiger partial charge in [-0.05, 0) is 41.8 Å². The SMILES string of the molecule is O=C(Cn1cnc2scc(-c3ccc(F)cc3)c2c1=O)NCCc1ccc(F)cc1. The Morgan fingerprint density at radius 2 is 1.70 bits per heavy atom. The average Bonchev–Trinajstić information content (AvgIpc) is 3.17. The molecule has 2 heterocycles. The first kappa shape index (κ1) is 19.9. The fourth-order valence-electron chi connectivity index (χ4n) is 3.13. The second-order valence-corrected chi connectivity index (χ2v) is 7.60. The molecule has 0 spiro atoms. The minimum atomic E-state index is -0.355. The third kappa shape index (κ3) is 4.28. The zero-order valence-corrected chi connectivity index (χ0v) is 16.6. The molecule has 4 rings (SSSR count). The van der Waals surface area contributed by atoms with E-state index >= 15 is 0 Å². The molecule has 1 N–H and O–H groups in total. The number of rotatable bonds is 6.